The van der Waals surface area contributed by atoms with Crippen LogP contribution < -0.4 is 4.74 Å². The van der Waals surface area contributed by atoms with Crippen LogP contribution in [0.1, 0.15) is 26.3 Å². The van der Waals surface area contributed by atoms with Crippen molar-refractivity contribution in [2.45, 2.75) is 32.9 Å². The van der Waals surface area contributed by atoms with Crippen molar-refractivity contribution in [1.29, 1.82) is 0 Å². The first kappa shape index (κ1) is 16.9. The molecular weight excluding hydrogens is 276 g/mol. The van der Waals surface area contributed by atoms with Gasteiger partial charge in [-0.25, -0.2) is 0 Å². The number of rotatable bonds is 7. The molecule has 1 aromatic carbocycles. The molecule has 0 aliphatic carbocycles. The Kier molecular flexibility index (Phi) is 5.26. The molecule has 1 N–H and O–H groups in total. The van der Waals surface area contributed by atoms with Gasteiger partial charge in [-0.05, 0) is 26.5 Å². The first-order chi connectivity index (χ1) is 9.73. The maximum atomic E-state index is 11.4. The first-order valence-corrected chi connectivity index (χ1v) is 6.53. The Morgan fingerprint density at radius 2 is 2.10 bits per heavy atom. The molecule has 0 saturated carbocycles. The number of ether oxygens (including phenoxy) is 1. The molecule has 116 valence electrons. The minimum Gasteiger partial charge on any atom is -0.496 e. The second-order valence-corrected chi connectivity index (χ2v) is 5.13. The van der Waals surface area contributed by atoms with Crippen LogP contribution >= 0.6 is 0 Å². The molecular formula is C14H20N2O5. The van der Waals surface area contributed by atoms with Crippen molar-refractivity contribution >= 4 is 11.7 Å². The van der Waals surface area contributed by atoms with E-state index >= 15 is 0 Å². The number of nitro groups is 1. The third-order valence-corrected chi connectivity index (χ3v) is 3.53. The number of likely N-dealkylation sites (N-methyl/N-ethyl adjacent to an activating group) is 1. The Morgan fingerprint density at radius 3 is 2.52 bits per heavy atom. The molecule has 0 fully saturated rings. The number of nitro benzene ring substituents is 1. The molecule has 0 aromatic heterocycles. The van der Waals surface area contributed by atoms with Crippen LogP contribution in [0, 0.1) is 10.1 Å². The summed E-state index contributed by atoms with van der Waals surface area (Å²) in [6.07, 6.45) is 0. The number of aliphatic carboxylic acids is 1. The van der Waals surface area contributed by atoms with E-state index in [-0.39, 0.29) is 12.2 Å². The lowest BCUT2D eigenvalue weighted by Gasteiger charge is -2.34. The summed E-state index contributed by atoms with van der Waals surface area (Å²) in [5.41, 5.74) is -0.539. The van der Waals surface area contributed by atoms with Gasteiger partial charge in [-0.2, -0.15) is 0 Å². The van der Waals surface area contributed by atoms with Crippen molar-refractivity contribution in [3.05, 3.63) is 33.9 Å². The van der Waals surface area contributed by atoms with E-state index in [1.54, 1.807) is 18.7 Å². The fourth-order valence-electron chi connectivity index (χ4n) is 2.05. The van der Waals surface area contributed by atoms with Crippen LogP contribution in [0.15, 0.2) is 18.2 Å². The van der Waals surface area contributed by atoms with Crippen molar-refractivity contribution in [3.8, 4) is 5.75 Å². The summed E-state index contributed by atoms with van der Waals surface area (Å²) in [5, 5.41) is 20.2. The molecule has 0 amide bonds. The van der Waals surface area contributed by atoms with Crippen molar-refractivity contribution in [2.75, 3.05) is 13.7 Å². The second kappa shape index (κ2) is 6.53. The molecule has 21 heavy (non-hydrogen) atoms. The van der Waals surface area contributed by atoms with Gasteiger partial charge in [0.05, 0.1) is 12.0 Å². The van der Waals surface area contributed by atoms with E-state index in [2.05, 4.69) is 0 Å². The molecule has 0 unspecified atom stereocenters. The minimum absolute atomic E-state index is 0.0463. The Labute approximate surface area is 123 Å². The number of hydrogen-bond donors (Lipinski definition) is 1. The van der Waals surface area contributed by atoms with E-state index in [4.69, 9.17) is 4.74 Å². The summed E-state index contributed by atoms with van der Waals surface area (Å²) < 4.78 is 5.20. The lowest BCUT2D eigenvalue weighted by Crippen LogP contribution is -2.49. The summed E-state index contributed by atoms with van der Waals surface area (Å²) in [6, 6.07) is 4.30. The summed E-state index contributed by atoms with van der Waals surface area (Å²) >= 11 is 0. The Morgan fingerprint density at radius 1 is 1.48 bits per heavy atom. The van der Waals surface area contributed by atoms with Gasteiger partial charge in [0.25, 0.3) is 5.69 Å². The normalized spacial score (nSPS) is 11.5. The van der Waals surface area contributed by atoms with Crippen molar-refractivity contribution in [2.24, 2.45) is 0 Å². The fraction of sp³-hybridized carbons (Fsp3) is 0.500. The maximum absolute atomic E-state index is 11.4. The zero-order valence-corrected chi connectivity index (χ0v) is 12.6. The smallest absolute Gasteiger partial charge is 0.323 e. The van der Waals surface area contributed by atoms with Crippen molar-refractivity contribution in [1.82, 2.24) is 4.90 Å². The van der Waals surface area contributed by atoms with Crippen molar-refractivity contribution < 1.29 is 19.6 Å². The molecule has 0 bridgehead atoms. The van der Waals surface area contributed by atoms with Crippen LogP contribution in [-0.4, -0.2) is 40.1 Å². The molecule has 1 aromatic rings. The molecule has 1 rings (SSSR count). The maximum Gasteiger partial charge on any atom is 0.323 e. The molecule has 0 atom stereocenters. The van der Waals surface area contributed by atoms with Crippen LogP contribution in [0.4, 0.5) is 5.69 Å². The van der Waals surface area contributed by atoms with Gasteiger partial charge in [0.1, 0.15) is 11.3 Å². The Hall–Kier alpha value is -2.15. The SMILES string of the molecule is CCN(Cc1cc([N+](=O)[O-])ccc1OC)C(C)(C)C(=O)O. The van der Waals surface area contributed by atoms with Crippen molar-refractivity contribution in [3.63, 3.8) is 0 Å². The number of hydrogen-bond acceptors (Lipinski definition) is 5. The van der Waals surface area contributed by atoms with Gasteiger partial charge in [0.15, 0.2) is 0 Å². The highest BCUT2D eigenvalue weighted by Crippen LogP contribution is 2.27. The van der Waals surface area contributed by atoms with Crippen LogP contribution in [0.3, 0.4) is 0 Å². The van der Waals surface area contributed by atoms with Crippen LogP contribution in [-0.2, 0) is 11.3 Å². The van der Waals surface area contributed by atoms with Gasteiger partial charge in [-0.1, -0.05) is 6.92 Å². The first-order valence-electron chi connectivity index (χ1n) is 6.53. The summed E-state index contributed by atoms with van der Waals surface area (Å²) in [6.45, 7) is 5.78. The van der Waals surface area contributed by atoms with E-state index in [0.717, 1.165) is 0 Å². The predicted molar refractivity (Wildman–Crippen MR) is 77.4 cm³/mol. The van der Waals surface area contributed by atoms with Gasteiger partial charge in [0, 0.05) is 24.2 Å². The highest BCUT2D eigenvalue weighted by Gasteiger charge is 2.34. The summed E-state index contributed by atoms with van der Waals surface area (Å²) in [4.78, 5) is 23.5. The second-order valence-electron chi connectivity index (χ2n) is 5.13. The zero-order chi connectivity index (χ0) is 16.2. The monoisotopic (exact) mass is 296 g/mol. The molecule has 0 aliphatic heterocycles. The molecule has 7 heteroatoms. The van der Waals surface area contributed by atoms with Crippen LogP contribution in [0.2, 0.25) is 0 Å². The van der Waals surface area contributed by atoms with E-state index in [0.29, 0.717) is 17.9 Å². The van der Waals surface area contributed by atoms with E-state index in [1.165, 1.54) is 25.3 Å². The number of carbonyl (C=O) groups is 1. The number of non-ortho nitro benzene ring substituents is 1. The highest BCUT2D eigenvalue weighted by molar-refractivity contribution is 5.77. The number of carboxylic acids is 1. The average molecular weight is 296 g/mol. The minimum atomic E-state index is -1.08. The lowest BCUT2D eigenvalue weighted by molar-refractivity contribution is -0.385. The number of nitrogens with zero attached hydrogens (tertiary/aromatic N) is 2. The topological polar surface area (TPSA) is 92.9 Å². The lowest BCUT2D eigenvalue weighted by atomic mass is 10.0. The number of methoxy groups -OCH3 is 1. The Balaban J connectivity index is 3.17. The predicted octanol–water partition coefficient (Wildman–Crippen LogP) is 2.29. The van der Waals surface area contributed by atoms with E-state index < -0.39 is 16.4 Å². The molecule has 0 spiro atoms. The third kappa shape index (κ3) is 3.69. The van der Waals surface area contributed by atoms with Crippen LogP contribution in [0.25, 0.3) is 0 Å². The average Bonchev–Trinajstić information content (AvgIpc) is 2.43. The van der Waals surface area contributed by atoms with Gasteiger partial charge < -0.3 is 9.84 Å². The fourth-order valence-corrected chi connectivity index (χ4v) is 2.05. The van der Waals surface area contributed by atoms with E-state index in [9.17, 15) is 20.0 Å². The van der Waals surface area contributed by atoms with Gasteiger partial charge in [-0.3, -0.25) is 19.8 Å². The van der Waals surface area contributed by atoms with Crippen LogP contribution in [0.5, 0.6) is 5.75 Å². The molecule has 0 radical (unpaired) electrons. The van der Waals surface area contributed by atoms with Gasteiger partial charge in [-0.15, -0.1) is 0 Å². The highest BCUT2D eigenvalue weighted by atomic mass is 16.6. The quantitative estimate of drug-likeness (QED) is 0.613. The number of benzene rings is 1. The van der Waals surface area contributed by atoms with Gasteiger partial charge >= 0.3 is 5.97 Å². The largest absolute Gasteiger partial charge is 0.496 e. The molecule has 0 aliphatic rings. The molecule has 0 saturated heterocycles. The standard InChI is InChI=1S/C14H20N2O5/c1-5-15(14(2,3)13(17)18)9-10-8-11(16(19)20)6-7-12(10)21-4/h6-8H,5,9H2,1-4H3,(H,17,18). The Bertz CT molecular complexity index is 542. The summed E-state index contributed by atoms with van der Waals surface area (Å²) in [5.74, 6) is -0.450. The zero-order valence-electron chi connectivity index (χ0n) is 12.6. The summed E-state index contributed by atoms with van der Waals surface area (Å²) in [7, 11) is 1.48. The molecule has 7 nitrogen and oxygen atoms in total. The third-order valence-electron chi connectivity index (χ3n) is 3.53. The van der Waals surface area contributed by atoms with E-state index in [1.807, 2.05) is 6.92 Å². The number of carboxylic acid groups (broad SMARTS) is 1. The van der Waals surface area contributed by atoms with Gasteiger partial charge in [0.2, 0.25) is 0 Å². The molecule has 0 heterocycles.